The van der Waals surface area contributed by atoms with Gasteiger partial charge in [-0.15, -0.1) is 0 Å². The number of hydrogen-bond acceptors (Lipinski definition) is 2. The zero-order chi connectivity index (χ0) is 18.5. The van der Waals surface area contributed by atoms with E-state index in [4.69, 9.17) is 11.6 Å². The van der Waals surface area contributed by atoms with Gasteiger partial charge in [-0.2, -0.15) is 0 Å². The molecule has 3 rings (SSSR count). The van der Waals surface area contributed by atoms with Crippen molar-refractivity contribution in [1.82, 2.24) is 4.90 Å². The van der Waals surface area contributed by atoms with E-state index in [1.807, 2.05) is 30.3 Å². The minimum absolute atomic E-state index is 0.0312. The second kappa shape index (κ2) is 8.37. The number of halogens is 1. The minimum atomic E-state index is -0.857. The summed E-state index contributed by atoms with van der Waals surface area (Å²) in [5.74, 6) is -1.59. The Bertz CT molecular complexity index is 761. The van der Waals surface area contributed by atoms with Gasteiger partial charge < -0.3 is 10.0 Å². The molecule has 1 aliphatic heterocycles. The molecule has 0 bridgehead atoms. The van der Waals surface area contributed by atoms with Gasteiger partial charge >= 0.3 is 5.97 Å². The Kier molecular flexibility index (Phi) is 5.94. The Labute approximate surface area is 158 Å². The van der Waals surface area contributed by atoms with Crippen LogP contribution in [0.2, 0.25) is 5.02 Å². The number of nitrogens with zero attached hydrogens (tertiary/aromatic N) is 1. The summed E-state index contributed by atoms with van der Waals surface area (Å²) in [5, 5.41) is 10.2. The van der Waals surface area contributed by atoms with E-state index in [1.165, 1.54) is 5.56 Å². The number of carbonyl (C=O) groups is 2. The van der Waals surface area contributed by atoms with Crippen LogP contribution in [0, 0.1) is 5.92 Å². The lowest BCUT2D eigenvalue weighted by molar-refractivity contribution is -0.141. The van der Waals surface area contributed by atoms with E-state index in [9.17, 15) is 14.7 Å². The molecule has 2 aromatic carbocycles. The van der Waals surface area contributed by atoms with Crippen molar-refractivity contribution in [2.24, 2.45) is 5.92 Å². The van der Waals surface area contributed by atoms with Gasteiger partial charge in [0, 0.05) is 30.5 Å². The Morgan fingerprint density at radius 3 is 2.38 bits per heavy atom. The van der Waals surface area contributed by atoms with Crippen LogP contribution in [0.3, 0.4) is 0 Å². The van der Waals surface area contributed by atoms with Gasteiger partial charge in [0.05, 0.1) is 5.92 Å². The molecule has 1 aliphatic rings. The van der Waals surface area contributed by atoms with Gasteiger partial charge in [0.1, 0.15) is 0 Å². The number of carbonyl (C=O) groups excluding carboxylic acids is 1. The van der Waals surface area contributed by atoms with Crippen LogP contribution in [0.4, 0.5) is 0 Å². The third kappa shape index (κ3) is 4.44. The first-order valence-electron chi connectivity index (χ1n) is 8.84. The zero-order valence-corrected chi connectivity index (χ0v) is 15.2. The van der Waals surface area contributed by atoms with Gasteiger partial charge in [0.25, 0.3) is 0 Å². The van der Waals surface area contributed by atoms with E-state index in [-0.39, 0.29) is 18.4 Å². The van der Waals surface area contributed by atoms with E-state index >= 15 is 0 Å². The molecule has 0 saturated carbocycles. The molecule has 136 valence electrons. The monoisotopic (exact) mass is 371 g/mol. The van der Waals surface area contributed by atoms with E-state index in [2.05, 4.69) is 12.1 Å². The van der Waals surface area contributed by atoms with Gasteiger partial charge in [-0.3, -0.25) is 9.59 Å². The van der Waals surface area contributed by atoms with E-state index < -0.39 is 11.9 Å². The zero-order valence-electron chi connectivity index (χ0n) is 14.5. The Balaban J connectivity index is 1.60. The fraction of sp³-hybridized carbons (Fsp3) is 0.333. The summed E-state index contributed by atoms with van der Waals surface area (Å²) in [6, 6.07) is 17.3. The standard InChI is InChI=1S/C21H22ClNO3/c22-17-11-9-16(10-12-17)18-13-23(14-19(18)21(25)26)20(24)8-4-7-15-5-2-1-3-6-15/h1-3,5-6,9-12,18-19H,4,7-8,13-14H2,(H,25,26)/t18-,19+/m0/s1. The second-order valence-electron chi connectivity index (χ2n) is 6.74. The highest BCUT2D eigenvalue weighted by Gasteiger charge is 2.40. The molecule has 1 fully saturated rings. The number of carboxylic acids is 1. The van der Waals surface area contributed by atoms with Crippen molar-refractivity contribution in [2.45, 2.75) is 25.2 Å². The number of aliphatic carboxylic acids is 1. The van der Waals surface area contributed by atoms with Gasteiger partial charge in [-0.1, -0.05) is 54.1 Å². The topological polar surface area (TPSA) is 57.6 Å². The van der Waals surface area contributed by atoms with Crippen LogP contribution >= 0.6 is 11.6 Å². The summed E-state index contributed by atoms with van der Waals surface area (Å²) in [5.41, 5.74) is 2.13. The van der Waals surface area contributed by atoms with Crippen LogP contribution in [0.1, 0.15) is 29.9 Å². The molecule has 0 aromatic heterocycles. The number of rotatable bonds is 6. The van der Waals surface area contributed by atoms with Crippen LogP contribution in [-0.4, -0.2) is 35.0 Å². The van der Waals surface area contributed by atoms with E-state index in [0.717, 1.165) is 18.4 Å². The van der Waals surface area contributed by atoms with Crippen LogP contribution in [0.5, 0.6) is 0 Å². The first kappa shape index (κ1) is 18.5. The van der Waals surface area contributed by atoms with Crippen LogP contribution in [0.15, 0.2) is 54.6 Å². The van der Waals surface area contributed by atoms with Gasteiger partial charge in [-0.05, 0) is 36.1 Å². The largest absolute Gasteiger partial charge is 0.481 e. The molecule has 0 spiro atoms. The number of hydrogen-bond donors (Lipinski definition) is 1. The molecule has 1 N–H and O–H groups in total. The second-order valence-corrected chi connectivity index (χ2v) is 7.18. The summed E-state index contributed by atoms with van der Waals surface area (Å²) in [6.45, 7) is 0.718. The molecule has 1 saturated heterocycles. The molecular weight excluding hydrogens is 350 g/mol. The highest BCUT2D eigenvalue weighted by atomic mass is 35.5. The molecular formula is C21H22ClNO3. The molecule has 26 heavy (non-hydrogen) atoms. The van der Waals surface area contributed by atoms with Crippen molar-refractivity contribution in [1.29, 1.82) is 0 Å². The minimum Gasteiger partial charge on any atom is -0.481 e. The van der Waals surface area contributed by atoms with Crippen LogP contribution in [-0.2, 0) is 16.0 Å². The van der Waals surface area contributed by atoms with Crippen LogP contribution in [0.25, 0.3) is 0 Å². The Hall–Kier alpha value is -2.33. The average Bonchev–Trinajstić information content (AvgIpc) is 3.09. The van der Waals surface area contributed by atoms with Crippen molar-refractivity contribution >= 4 is 23.5 Å². The maximum Gasteiger partial charge on any atom is 0.308 e. The summed E-state index contributed by atoms with van der Waals surface area (Å²) >= 11 is 5.92. The molecule has 2 atom stereocenters. The first-order chi connectivity index (χ1) is 12.5. The summed E-state index contributed by atoms with van der Waals surface area (Å²) in [4.78, 5) is 25.9. The maximum atomic E-state index is 12.5. The molecule has 1 heterocycles. The van der Waals surface area contributed by atoms with Gasteiger partial charge in [-0.25, -0.2) is 0 Å². The molecule has 1 amide bonds. The van der Waals surface area contributed by atoms with Crippen molar-refractivity contribution < 1.29 is 14.7 Å². The van der Waals surface area contributed by atoms with Crippen molar-refractivity contribution in [3.8, 4) is 0 Å². The third-order valence-electron chi connectivity index (χ3n) is 4.99. The highest BCUT2D eigenvalue weighted by Crippen LogP contribution is 2.34. The normalized spacial score (nSPS) is 19.5. The third-order valence-corrected chi connectivity index (χ3v) is 5.24. The molecule has 2 aromatic rings. The number of benzene rings is 2. The van der Waals surface area contributed by atoms with Crippen molar-refractivity contribution in [2.75, 3.05) is 13.1 Å². The molecule has 0 aliphatic carbocycles. The Morgan fingerprint density at radius 1 is 1.04 bits per heavy atom. The molecule has 4 nitrogen and oxygen atoms in total. The van der Waals surface area contributed by atoms with Crippen molar-refractivity contribution in [3.05, 3.63) is 70.7 Å². The fourth-order valence-electron chi connectivity index (χ4n) is 3.55. The average molecular weight is 372 g/mol. The van der Waals surface area contributed by atoms with Crippen LogP contribution < -0.4 is 0 Å². The first-order valence-corrected chi connectivity index (χ1v) is 9.22. The molecule has 0 radical (unpaired) electrons. The SMILES string of the molecule is O=C(O)[C@@H]1CN(C(=O)CCCc2ccccc2)C[C@H]1c1ccc(Cl)cc1. The maximum absolute atomic E-state index is 12.5. The quantitative estimate of drug-likeness (QED) is 0.835. The number of amides is 1. The highest BCUT2D eigenvalue weighted by molar-refractivity contribution is 6.30. The number of carboxylic acid groups (broad SMARTS) is 1. The lowest BCUT2D eigenvalue weighted by Gasteiger charge is -2.16. The Morgan fingerprint density at radius 2 is 1.73 bits per heavy atom. The smallest absolute Gasteiger partial charge is 0.308 e. The number of likely N-dealkylation sites (tertiary alicyclic amines) is 1. The molecule has 5 heteroatoms. The van der Waals surface area contributed by atoms with E-state index in [1.54, 1.807) is 17.0 Å². The van der Waals surface area contributed by atoms with Crippen molar-refractivity contribution in [3.63, 3.8) is 0 Å². The fourth-order valence-corrected chi connectivity index (χ4v) is 3.68. The summed E-state index contributed by atoms with van der Waals surface area (Å²) in [7, 11) is 0. The van der Waals surface area contributed by atoms with E-state index in [0.29, 0.717) is 18.0 Å². The lowest BCUT2D eigenvalue weighted by Crippen LogP contribution is -2.29. The predicted molar refractivity (Wildman–Crippen MR) is 101 cm³/mol. The summed E-state index contributed by atoms with van der Waals surface area (Å²) in [6.07, 6.45) is 2.06. The number of aryl methyl sites for hydroxylation is 1. The summed E-state index contributed by atoms with van der Waals surface area (Å²) < 4.78 is 0. The van der Waals surface area contributed by atoms with Gasteiger partial charge in [0.15, 0.2) is 0 Å². The molecule has 0 unspecified atom stereocenters. The van der Waals surface area contributed by atoms with Gasteiger partial charge in [0.2, 0.25) is 5.91 Å². The predicted octanol–water partition coefficient (Wildman–Crippen LogP) is 3.99. The lowest BCUT2D eigenvalue weighted by atomic mass is 9.89.